The summed E-state index contributed by atoms with van der Waals surface area (Å²) in [6.45, 7) is 3.75. The molecule has 1 heterocycles. The number of nitrogens with two attached hydrogens (primary N) is 1. The van der Waals surface area contributed by atoms with E-state index in [4.69, 9.17) is 5.73 Å². The van der Waals surface area contributed by atoms with Gasteiger partial charge in [0, 0.05) is 11.4 Å². The molecule has 1 aromatic heterocycles. The Morgan fingerprint density at radius 1 is 1.18 bits per heavy atom. The fourth-order valence-corrected chi connectivity index (χ4v) is 2.63. The first-order valence-electron chi connectivity index (χ1n) is 6.59. The van der Waals surface area contributed by atoms with Crippen LogP contribution in [0.2, 0.25) is 0 Å². The van der Waals surface area contributed by atoms with E-state index in [-0.39, 0.29) is 17.2 Å². The topological polar surface area (TPSA) is 98.0 Å². The van der Waals surface area contributed by atoms with Gasteiger partial charge in [0.1, 0.15) is 0 Å². The van der Waals surface area contributed by atoms with E-state index >= 15 is 0 Å². The van der Waals surface area contributed by atoms with Crippen molar-refractivity contribution in [1.29, 1.82) is 0 Å². The van der Waals surface area contributed by atoms with Crippen molar-refractivity contribution in [2.24, 2.45) is 5.73 Å². The van der Waals surface area contributed by atoms with Gasteiger partial charge in [-0.25, -0.2) is 9.97 Å². The van der Waals surface area contributed by atoms with Crippen LogP contribution in [0.4, 0.5) is 5.69 Å². The van der Waals surface area contributed by atoms with E-state index in [1.54, 1.807) is 24.3 Å². The molecule has 0 fully saturated rings. The first-order chi connectivity index (χ1) is 10.5. The molecule has 0 unspecified atom stereocenters. The number of benzene rings is 1. The van der Waals surface area contributed by atoms with E-state index in [1.807, 2.05) is 19.9 Å². The molecule has 2 rings (SSSR count). The van der Waals surface area contributed by atoms with E-state index < -0.39 is 5.91 Å². The number of nitrogens with zero attached hydrogens (tertiary/aromatic N) is 2. The zero-order valence-electron chi connectivity index (χ0n) is 12.3. The van der Waals surface area contributed by atoms with Crippen LogP contribution in [-0.2, 0) is 4.79 Å². The molecule has 2 aromatic rings. The van der Waals surface area contributed by atoms with Crippen LogP contribution in [-0.4, -0.2) is 27.5 Å². The highest BCUT2D eigenvalue weighted by molar-refractivity contribution is 7.99. The smallest absolute Gasteiger partial charge is 0.250 e. The highest BCUT2D eigenvalue weighted by atomic mass is 32.2. The summed E-state index contributed by atoms with van der Waals surface area (Å²) < 4.78 is 0. The van der Waals surface area contributed by atoms with Crippen LogP contribution >= 0.6 is 11.8 Å². The van der Waals surface area contributed by atoms with Crippen molar-refractivity contribution in [3.63, 3.8) is 0 Å². The molecule has 2 amide bonds. The number of hydrogen-bond acceptors (Lipinski definition) is 5. The lowest BCUT2D eigenvalue weighted by atomic mass is 10.1. The molecule has 0 bridgehead atoms. The lowest BCUT2D eigenvalue weighted by molar-refractivity contribution is -0.113. The van der Waals surface area contributed by atoms with E-state index in [9.17, 15) is 9.59 Å². The maximum absolute atomic E-state index is 12.0. The summed E-state index contributed by atoms with van der Waals surface area (Å²) in [7, 11) is 0. The van der Waals surface area contributed by atoms with Crippen LogP contribution < -0.4 is 11.1 Å². The molecule has 0 saturated heterocycles. The number of carbonyl (C=O) groups is 2. The predicted molar refractivity (Wildman–Crippen MR) is 85.8 cm³/mol. The molecular formula is C15H16N4O2S. The second-order valence-corrected chi connectivity index (χ2v) is 5.62. The van der Waals surface area contributed by atoms with Crippen molar-refractivity contribution in [2.75, 3.05) is 11.1 Å². The van der Waals surface area contributed by atoms with Crippen LogP contribution in [0.15, 0.2) is 35.5 Å². The molecular weight excluding hydrogens is 300 g/mol. The minimum Gasteiger partial charge on any atom is -0.366 e. The number of aromatic nitrogens is 2. The Morgan fingerprint density at radius 3 is 2.45 bits per heavy atom. The number of aryl methyl sites for hydroxylation is 2. The Hall–Kier alpha value is -2.41. The minimum absolute atomic E-state index is 0.149. The van der Waals surface area contributed by atoms with Gasteiger partial charge in [0.2, 0.25) is 5.91 Å². The van der Waals surface area contributed by atoms with E-state index in [2.05, 4.69) is 15.3 Å². The average Bonchev–Trinajstić information content (AvgIpc) is 2.44. The summed E-state index contributed by atoms with van der Waals surface area (Å²) in [4.78, 5) is 31.8. The Balaban J connectivity index is 2.00. The maximum atomic E-state index is 12.0. The first-order valence-corrected chi connectivity index (χ1v) is 7.58. The Bertz CT molecular complexity index is 698. The SMILES string of the molecule is Cc1cc(C)nc(SCC(=O)Nc2ccccc2C(N)=O)n1. The molecule has 0 aliphatic carbocycles. The Kier molecular flexibility index (Phi) is 5.11. The number of amides is 2. The molecule has 0 radical (unpaired) electrons. The number of primary amides is 1. The monoisotopic (exact) mass is 316 g/mol. The number of nitrogens with one attached hydrogen (secondary N) is 1. The second-order valence-electron chi connectivity index (χ2n) is 4.68. The second kappa shape index (κ2) is 7.04. The minimum atomic E-state index is -0.582. The van der Waals surface area contributed by atoms with Crippen molar-refractivity contribution in [3.8, 4) is 0 Å². The summed E-state index contributed by atoms with van der Waals surface area (Å²) >= 11 is 1.24. The molecule has 0 atom stereocenters. The first kappa shape index (κ1) is 16.0. The fourth-order valence-electron chi connectivity index (χ4n) is 1.88. The van der Waals surface area contributed by atoms with Crippen molar-refractivity contribution in [1.82, 2.24) is 9.97 Å². The van der Waals surface area contributed by atoms with Crippen LogP contribution in [0, 0.1) is 13.8 Å². The van der Waals surface area contributed by atoms with Gasteiger partial charge in [-0.2, -0.15) is 0 Å². The van der Waals surface area contributed by atoms with Crippen molar-refractivity contribution < 1.29 is 9.59 Å². The molecule has 6 nitrogen and oxygen atoms in total. The summed E-state index contributed by atoms with van der Waals surface area (Å²) in [5.41, 5.74) is 7.67. The van der Waals surface area contributed by atoms with Gasteiger partial charge in [-0.1, -0.05) is 23.9 Å². The zero-order chi connectivity index (χ0) is 16.1. The standard InChI is InChI=1S/C15H16N4O2S/c1-9-7-10(2)18-15(17-9)22-8-13(20)19-12-6-4-3-5-11(12)14(16)21/h3-7H,8H2,1-2H3,(H2,16,21)(H,19,20). The van der Waals surface area contributed by atoms with Gasteiger partial charge < -0.3 is 11.1 Å². The van der Waals surface area contributed by atoms with E-state index in [0.717, 1.165) is 11.4 Å². The summed E-state index contributed by atoms with van der Waals surface area (Å²) in [5.74, 6) is -0.682. The van der Waals surface area contributed by atoms with Gasteiger partial charge in [-0.15, -0.1) is 0 Å². The van der Waals surface area contributed by atoms with Crippen molar-refractivity contribution >= 4 is 29.3 Å². The molecule has 7 heteroatoms. The summed E-state index contributed by atoms with van der Waals surface area (Å²) in [6.07, 6.45) is 0. The lowest BCUT2D eigenvalue weighted by Crippen LogP contribution is -2.19. The normalized spacial score (nSPS) is 10.3. The summed E-state index contributed by atoms with van der Waals surface area (Å²) in [6, 6.07) is 8.48. The van der Waals surface area contributed by atoms with Gasteiger partial charge in [-0.05, 0) is 32.0 Å². The maximum Gasteiger partial charge on any atom is 0.250 e. The molecule has 22 heavy (non-hydrogen) atoms. The van der Waals surface area contributed by atoms with Crippen LogP contribution in [0.5, 0.6) is 0 Å². The van der Waals surface area contributed by atoms with E-state index in [0.29, 0.717) is 10.8 Å². The number of anilines is 1. The average molecular weight is 316 g/mol. The van der Waals surface area contributed by atoms with E-state index in [1.165, 1.54) is 11.8 Å². The van der Waals surface area contributed by atoms with Gasteiger partial charge in [-0.3, -0.25) is 9.59 Å². The Labute approximate surface area is 132 Å². The molecule has 3 N–H and O–H groups in total. The van der Waals surface area contributed by atoms with Gasteiger partial charge in [0.25, 0.3) is 5.91 Å². The highest BCUT2D eigenvalue weighted by Crippen LogP contribution is 2.17. The number of thioether (sulfide) groups is 1. The van der Waals surface area contributed by atoms with Gasteiger partial charge >= 0.3 is 0 Å². The number of hydrogen-bond donors (Lipinski definition) is 2. The third-order valence-corrected chi connectivity index (χ3v) is 3.61. The molecule has 1 aromatic carbocycles. The zero-order valence-corrected chi connectivity index (χ0v) is 13.1. The molecule has 114 valence electrons. The number of carbonyl (C=O) groups excluding carboxylic acids is 2. The van der Waals surface area contributed by atoms with Gasteiger partial charge in [0.05, 0.1) is 17.0 Å². The quantitative estimate of drug-likeness (QED) is 0.649. The van der Waals surface area contributed by atoms with Crippen LogP contribution in [0.25, 0.3) is 0 Å². The van der Waals surface area contributed by atoms with Crippen molar-refractivity contribution in [3.05, 3.63) is 47.3 Å². The third kappa shape index (κ3) is 4.29. The van der Waals surface area contributed by atoms with Crippen molar-refractivity contribution in [2.45, 2.75) is 19.0 Å². The number of para-hydroxylation sites is 1. The molecule has 0 aliphatic rings. The van der Waals surface area contributed by atoms with Gasteiger partial charge in [0.15, 0.2) is 5.16 Å². The fraction of sp³-hybridized carbons (Fsp3) is 0.200. The summed E-state index contributed by atoms with van der Waals surface area (Å²) in [5, 5.41) is 3.23. The Morgan fingerprint density at radius 2 is 1.82 bits per heavy atom. The number of rotatable bonds is 5. The highest BCUT2D eigenvalue weighted by Gasteiger charge is 2.11. The lowest BCUT2D eigenvalue weighted by Gasteiger charge is -2.08. The molecule has 0 aliphatic heterocycles. The van der Waals surface area contributed by atoms with Crippen LogP contribution in [0.3, 0.4) is 0 Å². The molecule has 0 saturated carbocycles. The largest absolute Gasteiger partial charge is 0.366 e. The molecule has 0 spiro atoms. The van der Waals surface area contributed by atoms with Crippen LogP contribution in [0.1, 0.15) is 21.7 Å². The third-order valence-electron chi connectivity index (χ3n) is 2.76. The predicted octanol–water partition coefficient (Wildman–Crippen LogP) is 1.92.